The maximum atomic E-state index is 9.52. The molecule has 3 nitrogen and oxygen atoms in total. The number of hydrogen-bond donors (Lipinski definition) is 1. The Morgan fingerprint density at radius 1 is 0.773 bits per heavy atom. The molecule has 22 heavy (non-hydrogen) atoms. The van der Waals surface area contributed by atoms with Gasteiger partial charge in [0.1, 0.15) is 5.75 Å². The molecule has 1 N–H and O–H groups in total. The molecule has 0 spiro atoms. The highest BCUT2D eigenvalue weighted by atomic mass is 16.4. The van der Waals surface area contributed by atoms with Crippen LogP contribution in [0.1, 0.15) is 0 Å². The van der Waals surface area contributed by atoms with Crippen LogP contribution in [0.5, 0.6) is 5.75 Å². The molecule has 0 atom stereocenters. The van der Waals surface area contributed by atoms with Gasteiger partial charge in [-0.05, 0) is 41.1 Å². The molecule has 106 valence electrons. The predicted molar refractivity (Wildman–Crippen MR) is 86.5 cm³/mol. The molecule has 0 aliphatic carbocycles. The monoisotopic (exact) mass is 287 g/mol. The molecule has 0 saturated heterocycles. The molecular weight excluding hydrogens is 274 g/mol. The Morgan fingerprint density at radius 3 is 2.41 bits per heavy atom. The summed E-state index contributed by atoms with van der Waals surface area (Å²) < 4.78 is 5.87. The van der Waals surface area contributed by atoms with Crippen molar-refractivity contribution in [3.05, 3.63) is 72.9 Å². The maximum Gasteiger partial charge on any atom is 0.226 e. The minimum atomic E-state index is 0.270. The molecular formula is C19H13NO2. The van der Waals surface area contributed by atoms with Gasteiger partial charge in [-0.15, -0.1) is 0 Å². The van der Waals surface area contributed by atoms with E-state index in [4.69, 9.17) is 4.42 Å². The van der Waals surface area contributed by atoms with Gasteiger partial charge in [-0.3, -0.25) is 0 Å². The molecule has 0 amide bonds. The van der Waals surface area contributed by atoms with Gasteiger partial charge in [-0.25, -0.2) is 4.98 Å². The van der Waals surface area contributed by atoms with Crippen molar-refractivity contribution >= 4 is 10.8 Å². The molecule has 3 heteroatoms. The number of phenols is 1. The minimum Gasteiger partial charge on any atom is -0.508 e. The van der Waals surface area contributed by atoms with E-state index in [1.54, 1.807) is 18.3 Å². The Balaban J connectivity index is 1.76. The molecule has 0 saturated carbocycles. The molecule has 4 rings (SSSR count). The van der Waals surface area contributed by atoms with Crippen LogP contribution in [-0.2, 0) is 0 Å². The fourth-order valence-corrected chi connectivity index (χ4v) is 2.51. The van der Waals surface area contributed by atoms with E-state index in [1.807, 2.05) is 54.6 Å². The zero-order valence-electron chi connectivity index (χ0n) is 11.7. The Morgan fingerprint density at radius 2 is 1.55 bits per heavy atom. The van der Waals surface area contributed by atoms with E-state index in [1.165, 1.54) is 0 Å². The number of nitrogens with zero attached hydrogens (tertiary/aromatic N) is 1. The fourth-order valence-electron chi connectivity index (χ4n) is 2.51. The number of benzene rings is 3. The molecule has 0 radical (unpaired) electrons. The topological polar surface area (TPSA) is 46.3 Å². The Bertz CT molecular complexity index is 942. The normalized spacial score (nSPS) is 10.9. The molecule has 0 fully saturated rings. The quantitative estimate of drug-likeness (QED) is 0.572. The molecule has 4 aromatic rings. The van der Waals surface area contributed by atoms with Gasteiger partial charge >= 0.3 is 0 Å². The summed E-state index contributed by atoms with van der Waals surface area (Å²) in [4.78, 5) is 4.35. The maximum absolute atomic E-state index is 9.52. The fraction of sp³-hybridized carbons (Fsp3) is 0. The molecule has 0 aliphatic heterocycles. The van der Waals surface area contributed by atoms with Crippen LogP contribution in [0, 0.1) is 0 Å². The van der Waals surface area contributed by atoms with Crippen molar-refractivity contribution in [2.24, 2.45) is 0 Å². The molecule has 0 aliphatic rings. The first-order chi connectivity index (χ1) is 10.8. The summed E-state index contributed by atoms with van der Waals surface area (Å²) in [7, 11) is 0. The van der Waals surface area contributed by atoms with Crippen molar-refractivity contribution in [3.63, 3.8) is 0 Å². The van der Waals surface area contributed by atoms with E-state index < -0.39 is 0 Å². The van der Waals surface area contributed by atoms with Gasteiger partial charge in [0, 0.05) is 11.1 Å². The van der Waals surface area contributed by atoms with Crippen LogP contribution in [0.25, 0.3) is 33.6 Å². The second kappa shape index (κ2) is 5.04. The number of phenolic OH excluding ortho intramolecular Hbond substituents is 1. The van der Waals surface area contributed by atoms with Crippen LogP contribution in [0.3, 0.4) is 0 Å². The number of oxazole rings is 1. The van der Waals surface area contributed by atoms with Gasteiger partial charge < -0.3 is 9.52 Å². The van der Waals surface area contributed by atoms with Crippen LogP contribution in [0.4, 0.5) is 0 Å². The lowest BCUT2D eigenvalue weighted by Crippen LogP contribution is -1.77. The van der Waals surface area contributed by atoms with Crippen LogP contribution in [0.2, 0.25) is 0 Å². The van der Waals surface area contributed by atoms with Crippen molar-refractivity contribution < 1.29 is 9.52 Å². The van der Waals surface area contributed by atoms with E-state index >= 15 is 0 Å². The summed E-state index contributed by atoms with van der Waals surface area (Å²) in [5, 5.41) is 11.6. The predicted octanol–water partition coefficient (Wildman–Crippen LogP) is 4.87. The summed E-state index contributed by atoms with van der Waals surface area (Å²) >= 11 is 0. The molecule has 1 heterocycles. The van der Waals surface area contributed by atoms with Gasteiger partial charge in [0.05, 0.1) is 6.20 Å². The lowest BCUT2D eigenvalue weighted by Gasteiger charge is -2.02. The van der Waals surface area contributed by atoms with Crippen molar-refractivity contribution in [1.29, 1.82) is 0 Å². The number of fused-ring (bicyclic) bond motifs is 1. The van der Waals surface area contributed by atoms with Crippen molar-refractivity contribution in [2.75, 3.05) is 0 Å². The number of aromatic hydroxyl groups is 1. The summed E-state index contributed by atoms with van der Waals surface area (Å²) in [6.45, 7) is 0. The second-order valence-electron chi connectivity index (χ2n) is 5.14. The Kier molecular flexibility index (Phi) is 2.90. The highest BCUT2D eigenvalue weighted by Gasteiger charge is 2.08. The minimum absolute atomic E-state index is 0.270. The number of rotatable bonds is 2. The Hall–Kier alpha value is -3.07. The first-order valence-corrected chi connectivity index (χ1v) is 7.04. The summed E-state index contributed by atoms with van der Waals surface area (Å²) in [5.74, 6) is 1.61. The van der Waals surface area contributed by atoms with Crippen LogP contribution >= 0.6 is 0 Å². The van der Waals surface area contributed by atoms with E-state index in [0.717, 1.165) is 27.7 Å². The average molecular weight is 287 g/mol. The van der Waals surface area contributed by atoms with Crippen LogP contribution < -0.4 is 0 Å². The van der Waals surface area contributed by atoms with E-state index in [2.05, 4.69) is 4.98 Å². The van der Waals surface area contributed by atoms with Gasteiger partial charge in [0.25, 0.3) is 0 Å². The Labute approximate surface area is 127 Å². The van der Waals surface area contributed by atoms with E-state index in [0.29, 0.717) is 5.89 Å². The third-order valence-electron chi connectivity index (χ3n) is 3.63. The first-order valence-electron chi connectivity index (χ1n) is 7.04. The molecule has 1 aromatic heterocycles. The molecule has 0 bridgehead atoms. The van der Waals surface area contributed by atoms with Gasteiger partial charge in [-0.2, -0.15) is 0 Å². The highest BCUT2D eigenvalue weighted by molar-refractivity contribution is 5.87. The second-order valence-corrected chi connectivity index (χ2v) is 5.14. The number of aromatic nitrogens is 1. The van der Waals surface area contributed by atoms with Gasteiger partial charge in [0.2, 0.25) is 5.89 Å². The van der Waals surface area contributed by atoms with Crippen molar-refractivity contribution in [2.45, 2.75) is 0 Å². The first kappa shape index (κ1) is 12.7. The standard InChI is InChI=1S/C19H13NO2/c21-17-9-8-14-10-16(7-6-15(14)11-17)18-12-20-19(22-18)13-4-2-1-3-5-13/h1-12,21H. The van der Waals surface area contributed by atoms with E-state index in [9.17, 15) is 5.11 Å². The smallest absolute Gasteiger partial charge is 0.226 e. The average Bonchev–Trinajstić information content (AvgIpc) is 3.05. The van der Waals surface area contributed by atoms with Gasteiger partial charge in [-0.1, -0.05) is 36.4 Å². The SMILES string of the molecule is Oc1ccc2cc(-c3cnc(-c4ccccc4)o3)ccc2c1. The largest absolute Gasteiger partial charge is 0.508 e. The number of hydrogen-bond acceptors (Lipinski definition) is 3. The van der Waals surface area contributed by atoms with Crippen molar-refractivity contribution in [3.8, 4) is 28.5 Å². The highest BCUT2D eigenvalue weighted by Crippen LogP contribution is 2.29. The zero-order chi connectivity index (χ0) is 14.9. The third-order valence-corrected chi connectivity index (χ3v) is 3.63. The van der Waals surface area contributed by atoms with Gasteiger partial charge in [0.15, 0.2) is 5.76 Å². The summed E-state index contributed by atoms with van der Waals surface area (Å²) in [6, 6.07) is 21.1. The third kappa shape index (κ3) is 2.23. The lowest BCUT2D eigenvalue weighted by atomic mass is 10.1. The van der Waals surface area contributed by atoms with Crippen LogP contribution in [-0.4, -0.2) is 10.1 Å². The summed E-state index contributed by atoms with van der Waals surface area (Å²) in [6.07, 6.45) is 1.74. The van der Waals surface area contributed by atoms with E-state index in [-0.39, 0.29) is 5.75 Å². The lowest BCUT2D eigenvalue weighted by molar-refractivity contribution is 0.476. The van der Waals surface area contributed by atoms with Crippen LogP contribution in [0.15, 0.2) is 77.3 Å². The molecule has 3 aromatic carbocycles. The van der Waals surface area contributed by atoms with Crippen molar-refractivity contribution in [1.82, 2.24) is 4.98 Å². The molecule has 0 unspecified atom stereocenters. The summed E-state index contributed by atoms with van der Waals surface area (Å²) in [5.41, 5.74) is 1.92. The zero-order valence-corrected chi connectivity index (χ0v) is 11.7.